The molecule has 0 unspecified atom stereocenters. The molecular formula is C34H48O4. The Morgan fingerprint density at radius 2 is 1.37 bits per heavy atom. The van der Waals surface area contributed by atoms with Gasteiger partial charge in [0.15, 0.2) is 0 Å². The number of ether oxygens (including phenoxy) is 3. The number of unbranched alkanes of at least 4 members (excludes halogenated alkanes) is 7. The molecule has 0 radical (unpaired) electrons. The first-order valence-corrected chi connectivity index (χ1v) is 15.0. The summed E-state index contributed by atoms with van der Waals surface area (Å²) in [6, 6.07) is 14.5. The van der Waals surface area contributed by atoms with E-state index in [1.807, 2.05) is 30.3 Å². The van der Waals surface area contributed by atoms with Crippen LogP contribution in [0.2, 0.25) is 0 Å². The van der Waals surface area contributed by atoms with E-state index >= 15 is 0 Å². The minimum Gasteiger partial charge on any atom is -0.494 e. The summed E-state index contributed by atoms with van der Waals surface area (Å²) in [4.78, 5) is 12.6. The van der Waals surface area contributed by atoms with E-state index < -0.39 is 0 Å². The highest BCUT2D eigenvalue weighted by Crippen LogP contribution is 2.32. The molecule has 2 aromatic carbocycles. The zero-order valence-electron chi connectivity index (χ0n) is 23.5. The number of hydrogen-bond acceptors (Lipinski definition) is 4. The second-order valence-electron chi connectivity index (χ2n) is 10.8. The summed E-state index contributed by atoms with van der Waals surface area (Å²) in [5.41, 5.74) is 0.505. The number of rotatable bonds is 18. The van der Waals surface area contributed by atoms with Crippen molar-refractivity contribution in [3.63, 3.8) is 0 Å². The predicted molar refractivity (Wildman–Crippen MR) is 156 cm³/mol. The molecule has 38 heavy (non-hydrogen) atoms. The SMILES string of the molecule is C=CCCCCCCCOc1ccc(C(=O)Oc2ccc(OC[C@H]3CC[C@H](CCCCC)CC3)cc2)cc1. The van der Waals surface area contributed by atoms with Crippen molar-refractivity contribution in [1.82, 2.24) is 0 Å². The van der Waals surface area contributed by atoms with E-state index in [4.69, 9.17) is 14.2 Å². The van der Waals surface area contributed by atoms with Gasteiger partial charge in [-0.05, 0) is 92.5 Å². The third-order valence-corrected chi connectivity index (χ3v) is 7.61. The Bertz CT molecular complexity index is 911. The number of carbonyl (C=O) groups excluding carboxylic acids is 1. The Hall–Kier alpha value is -2.75. The molecule has 1 aliphatic rings. The summed E-state index contributed by atoms with van der Waals surface area (Å²) in [6.45, 7) is 7.49. The largest absolute Gasteiger partial charge is 0.494 e. The van der Waals surface area contributed by atoms with Crippen LogP contribution in [0.5, 0.6) is 17.2 Å². The van der Waals surface area contributed by atoms with Crippen molar-refractivity contribution in [3.05, 3.63) is 66.7 Å². The predicted octanol–water partition coefficient (Wildman–Crippen LogP) is 9.58. The average molecular weight is 521 g/mol. The molecule has 4 heteroatoms. The van der Waals surface area contributed by atoms with Crippen molar-refractivity contribution in [1.29, 1.82) is 0 Å². The summed E-state index contributed by atoms with van der Waals surface area (Å²) in [7, 11) is 0. The highest BCUT2D eigenvalue weighted by Gasteiger charge is 2.21. The molecule has 0 heterocycles. The van der Waals surface area contributed by atoms with Crippen LogP contribution in [-0.4, -0.2) is 19.2 Å². The molecule has 0 saturated heterocycles. The fourth-order valence-corrected chi connectivity index (χ4v) is 5.15. The van der Waals surface area contributed by atoms with E-state index in [0.29, 0.717) is 23.8 Å². The number of benzene rings is 2. The number of hydrogen-bond donors (Lipinski definition) is 0. The van der Waals surface area contributed by atoms with Gasteiger partial charge in [-0.3, -0.25) is 0 Å². The Balaban J connectivity index is 1.31. The molecule has 3 rings (SSSR count). The lowest BCUT2D eigenvalue weighted by Gasteiger charge is -2.28. The standard InChI is InChI=1S/C34H48O4/c1-3-5-7-8-9-10-12-26-36-31-20-18-30(19-21-31)34(35)38-33-24-22-32(23-25-33)37-27-29-16-14-28(15-17-29)13-11-6-4-2/h3,18-25,28-29H,1,4-17,26-27H2,2H3/t28-,29-. The molecule has 4 nitrogen and oxygen atoms in total. The number of allylic oxidation sites excluding steroid dienone is 1. The fraction of sp³-hybridized carbons (Fsp3) is 0.559. The summed E-state index contributed by atoms with van der Waals surface area (Å²) in [5, 5.41) is 0. The maximum atomic E-state index is 12.6. The molecule has 1 fully saturated rings. The van der Waals surface area contributed by atoms with Crippen molar-refractivity contribution < 1.29 is 19.0 Å². The highest BCUT2D eigenvalue weighted by atomic mass is 16.5. The summed E-state index contributed by atoms with van der Waals surface area (Å²) in [6.07, 6.45) is 19.7. The monoisotopic (exact) mass is 520 g/mol. The van der Waals surface area contributed by atoms with Crippen LogP contribution < -0.4 is 14.2 Å². The van der Waals surface area contributed by atoms with Crippen LogP contribution in [0.4, 0.5) is 0 Å². The van der Waals surface area contributed by atoms with Crippen molar-refractivity contribution in [2.45, 2.75) is 96.8 Å². The molecule has 0 aromatic heterocycles. The quantitative estimate of drug-likeness (QED) is 0.0849. The zero-order chi connectivity index (χ0) is 26.8. The molecule has 0 N–H and O–H groups in total. The van der Waals surface area contributed by atoms with E-state index in [2.05, 4.69) is 13.5 Å². The highest BCUT2D eigenvalue weighted by molar-refractivity contribution is 5.91. The van der Waals surface area contributed by atoms with Gasteiger partial charge in [0, 0.05) is 0 Å². The van der Waals surface area contributed by atoms with Crippen molar-refractivity contribution in [2.24, 2.45) is 11.8 Å². The lowest BCUT2D eigenvalue weighted by atomic mass is 9.80. The van der Waals surface area contributed by atoms with Crippen molar-refractivity contribution in [2.75, 3.05) is 13.2 Å². The smallest absolute Gasteiger partial charge is 0.343 e. The van der Waals surface area contributed by atoms with E-state index in [9.17, 15) is 4.79 Å². The second-order valence-corrected chi connectivity index (χ2v) is 10.8. The first-order valence-electron chi connectivity index (χ1n) is 15.0. The van der Waals surface area contributed by atoms with Gasteiger partial charge in [-0.15, -0.1) is 6.58 Å². The van der Waals surface area contributed by atoms with Crippen molar-refractivity contribution in [3.8, 4) is 17.2 Å². The van der Waals surface area contributed by atoms with E-state index in [-0.39, 0.29) is 5.97 Å². The number of esters is 1. The average Bonchev–Trinajstić information content (AvgIpc) is 2.95. The normalized spacial score (nSPS) is 17.1. The Morgan fingerprint density at radius 1 is 0.763 bits per heavy atom. The van der Waals surface area contributed by atoms with Crippen LogP contribution in [0.1, 0.15) is 107 Å². The van der Waals surface area contributed by atoms with Gasteiger partial charge in [-0.2, -0.15) is 0 Å². The Kier molecular flexibility index (Phi) is 13.9. The van der Waals surface area contributed by atoms with Gasteiger partial charge in [-0.25, -0.2) is 4.79 Å². The minimum atomic E-state index is -0.375. The van der Waals surface area contributed by atoms with Crippen LogP contribution in [0, 0.1) is 11.8 Å². The molecule has 0 atom stereocenters. The van der Waals surface area contributed by atoms with Gasteiger partial charge in [0.2, 0.25) is 0 Å². The first-order chi connectivity index (χ1) is 18.7. The lowest BCUT2D eigenvalue weighted by molar-refractivity contribution is 0.0734. The third-order valence-electron chi connectivity index (χ3n) is 7.61. The number of carbonyl (C=O) groups is 1. The molecule has 0 spiro atoms. The lowest BCUT2D eigenvalue weighted by Crippen LogP contribution is -2.20. The Morgan fingerprint density at radius 3 is 2.08 bits per heavy atom. The molecule has 208 valence electrons. The van der Waals surface area contributed by atoms with Crippen LogP contribution in [0.3, 0.4) is 0 Å². The topological polar surface area (TPSA) is 44.8 Å². The zero-order valence-corrected chi connectivity index (χ0v) is 23.5. The van der Waals surface area contributed by atoms with E-state index in [1.165, 1.54) is 77.0 Å². The molecule has 0 bridgehead atoms. The van der Waals surface area contributed by atoms with Crippen LogP contribution in [0.25, 0.3) is 0 Å². The maximum Gasteiger partial charge on any atom is 0.343 e. The third kappa shape index (κ3) is 11.3. The van der Waals surface area contributed by atoms with Crippen LogP contribution in [-0.2, 0) is 0 Å². The fourth-order valence-electron chi connectivity index (χ4n) is 5.15. The van der Waals surface area contributed by atoms with Crippen LogP contribution in [0.15, 0.2) is 61.2 Å². The molecule has 0 amide bonds. The van der Waals surface area contributed by atoms with Gasteiger partial charge >= 0.3 is 5.97 Å². The van der Waals surface area contributed by atoms with Crippen molar-refractivity contribution >= 4 is 5.97 Å². The van der Waals surface area contributed by atoms with Gasteiger partial charge in [0.05, 0.1) is 18.8 Å². The van der Waals surface area contributed by atoms with Gasteiger partial charge < -0.3 is 14.2 Å². The van der Waals surface area contributed by atoms with Crippen LogP contribution >= 0.6 is 0 Å². The first kappa shape index (κ1) is 29.8. The van der Waals surface area contributed by atoms with Gasteiger partial charge in [0.1, 0.15) is 17.2 Å². The van der Waals surface area contributed by atoms with E-state index in [0.717, 1.165) is 36.9 Å². The molecule has 1 saturated carbocycles. The summed E-state index contributed by atoms with van der Waals surface area (Å²) >= 11 is 0. The molecule has 0 aliphatic heterocycles. The van der Waals surface area contributed by atoms with Gasteiger partial charge in [0.25, 0.3) is 0 Å². The van der Waals surface area contributed by atoms with E-state index in [1.54, 1.807) is 24.3 Å². The summed E-state index contributed by atoms with van der Waals surface area (Å²) < 4.78 is 17.4. The maximum absolute atomic E-state index is 12.6. The Labute approximate surface area is 230 Å². The second kappa shape index (κ2) is 17.7. The summed E-state index contributed by atoms with van der Waals surface area (Å²) in [5.74, 6) is 3.31. The minimum absolute atomic E-state index is 0.375. The van der Waals surface area contributed by atoms with Gasteiger partial charge in [-0.1, -0.05) is 70.8 Å². The molecular weight excluding hydrogens is 472 g/mol. The molecule has 1 aliphatic carbocycles. The molecule has 2 aromatic rings.